The van der Waals surface area contributed by atoms with E-state index in [0.29, 0.717) is 107 Å². The molecule has 0 spiro atoms. The van der Waals surface area contributed by atoms with Gasteiger partial charge in [0.1, 0.15) is 5.82 Å². The summed E-state index contributed by atoms with van der Waals surface area (Å²) in [5.74, 6) is 10.1. The quantitative estimate of drug-likeness (QED) is 0.0829. The van der Waals surface area contributed by atoms with Gasteiger partial charge in [0.05, 0.1) is 34.2 Å². The highest BCUT2D eigenvalue weighted by Crippen LogP contribution is 2.32. The lowest BCUT2D eigenvalue weighted by Crippen LogP contribution is -2.08. The lowest BCUT2D eigenvalue weighted by molar-refractivity contribution is 0.694. The molecule has 9 heteroatoms. The summed E-state index contributed by atoms with van der Waals surface area (Å²) in [4.78, 5) is 32.4. The molecule has 0 aromatic carbocycles. The van der Waals surface area contributed by atoms with Crippen LogP contribution in [0.25, 0.3) is 0 Å². The van der Waals surface area contributed by atoms with E-state index < -0.39 is 0 Å². The van der Waals surface area contributed by atoms with Gasteiger partial charge in [-0.15, -0.1) is 0 Å². The summed E-state index contributed by atoms with van der Waals surface area (Å²) in [6.45, 7) is 79.2. The van der Waals surface area contributed by atoms with Crippen LogP contribution in [0.15, 0.2) is 55.1 Å². The zero-order valence-electron chi connectivity index (χ0n) is 64.6. The van der Waals surface area contributed by atoms with E-state index in [4.69, 9.17) is 9.97 Å². The Labute approximate surface area is 554 Å². The van der Waals surface area contributed by atoms with Crippen LogP contribution < -0.4 is 0 Å². The van der Waals surface area contributed by atoms with E-state index in [1.165, 1.54) is 67.4 Å². The van der Waals surface area contributed by atoms with Crippen LogP contribution in [0.1, 0.15) is 457 Å². The first kappa shape index (κ1) is 82.7. The predicted octanol–water partition coefficient (Wildman–Crippen LogP) is 24.9. The highest BCUT2D eigenvalue weighted by molar-refractivity contribution is 5.34. The molecule has 6 heterocycles. The average Bonchev–Trinajstić information content (AvgIpc) is 3.58. The molecule has 0 aliphatic rings. The van der Waals surface area contributed by atoms with Crippen LogP contribution in [0.3, 0.4) is 0 Å². The lowest BCUT2D eigenvalue weighted by atomic mass is 9.90. The maximum Gasteiger partial charge on any atom is 0.131 e. The van der Waals surface area contributed by atoms with Crippen molar-refractivity contribution in [1.29, 1.82) is 0 Å². The molecule has 9 nitrogen and oxygen atoms in total. The van der Waals surface area contributed by atoms with Gasteiger partial charge in [0.25, 0.3) is 0 Å². The van der Waals surface area contributed by atoms with Crippen LogP contribution in [0.4, 0.5) is 0 Å². The van der Waals surface area contributed by atoms with Crippen molar-refractivity contribution in [2.75, 3.05) is 0 Å². The van der Waals surface area contributed by atoms with Crippen LogP contribution in [0.5, 0.6) is 0 Å². The van der Waals surface area contributed by atoms with Crippen LogP contribution in [-0.2, 0) is 0 Å². The van der Waals surface area contributed by atoms with Gasteiger partial charge in [-0.1, -0.05) is 261 Å². The fraction of sp³-hybridized carbons (Fsp3) is 0.667. The van der Waals surface area contributed by atoms with Crippen molar-refractivity contribution in [3.63, 3.8) is 0 Å². The SMILES string of the molecule is CC(C)c1cc(C(C)C)c(C(C)C)cn1.CC(C)c1cc(C(C)C)c(C(C)C)nn1.CC(C)c1ccc(C(C)C)c(C(C)C)n1.CC(C)c1cnc(C(C)C)c(C(C)C)c1.CC(C)c1cnc(C(C)C)c(C(C)C)n1.CC(C)c1ncc(C(C)C)c(C(C)C)n1. The summed E-state index contributed by atoms with van der Waals surface area (Å²) < 4.78 is 0. The van der Waals surface area contributed by atoms with Gasteiger partial charge >= 0.3 is 0 Å². The van der Waals surface area contributed by atoms with Crippen LogP contribution in [-0.4, -0.2) is 45.1 Å². The zero-order chi connectivity index (χ0) is 69.5. The summed E-state index contributed by atoms with van der Waals surface area (Å²) >= 11 is 0. The molecule has 6 aromatic heterocycles. The van der Waals surface area contributed by atoms with Crippen molar-refractivity contribution in [3.05, 3.63) is 157 Å². The maximum atomic E-state index is 4.79. The molecule has 0 saturated carbocycles. The second-order valence-electron chi connectivity index (χ2n) is 30.7. The third-order valence-corrected chi connectivity index (χ3v) is 16.1. The summed E-state index contributed by atoms with van der Waals surface area (Å²) in [5, 5.41) is 8.66. The summed E-state index contributed by atoms with van der Waals surface area (Å²) in [6.07, 6.45) is 8.02. The van der Waals surface area contributed by atoms with Crippen molar-refractivity contribution >= 4 is 0 Å². The molecule has 0 radical (unpaired) electrons. The van der Waals surface area contributed by atoms with Gasteiger partial charge in [0, 0.05) is 53.5 Å². The van der Waals surface area contributed by atoms with Gasteiger partial charge < -0.3 is 0 Å². The van der Waals surface area contributed by atoms with E-state index in [1.54, 1.807) is 0 Å². The Kier molecular flexibility index (Phi) is 36.1. The van der Waals surface area contributed by atoms with Crippen molar-refractivity contribution in [2.24, 2.45) is 0 Å². The number of rotatable bonds is 18. The van der Waals surface area contributed by atoms with E-state index in [1.807, 2.05) is 18.6 Å². The average molecular weight is 1240 g/mol. The van der Waals surface area contributed by atoms with Gasteiger partial charge in [-0.05, 0) is 158 Å². The molecular formula is C81H135N9. The summed E-state index contributed by atoms with van der Waals surface area (Å²) in [7, 11) is 0. The van der Waals surface area contributed by atoms with Crippen molar-refractivity contribution < 1.29 is 0 Å². The molecular weight excluding hydrogens is 1100 g/mol. The smallest absolute Gasteiger partial charge is 0.131 e. The Balaban J connectivity index is 0.000000540. The van der Waals surface area contributed by atoms with Gasteiger partial charge in [-0.3, -0.25) is 24.9 Å². The summed E-state index contributed by atoms with van der Waals surface area (Å²) in [5.41, 5.74) is 21.5. The minimum atomic E-state index is 0.406. The predicted molar refractivity (Wildman–Crippen MR) is 392 cm³/mol. The van der Waals surface area contributed by atoms with E-state index in [-0.39, 0.29) is 0 Å². The Hall–Kier alpha value is -5.31. The standard InChI is InChI=1S/3C14H23N.3C13H22N2/c1-9(2)12-7-14(11(5)6)15-8-13(12)10(3)4;1-9(2)12-7-13(10(3)4)14(11(5)6)15-8-12;1-9(2)12-7-8-13(10(3)4)15-14(12)11(5)6;1-8(2)11-7-14-12(9(3)4)13(15-11)10(5)6;1-8(2)11-7-14-13(10(5)6)15-12(11)9(3)4;1-8(2)11-7-12(9(3)4)14-15-13(11)10(5)6/h3*7-11H,1-6H3;3*7-10H,1-6H3. The first-order valence-corrected chi connectivity index (χ1v) is 35.2. The second-order valence-corrected chi connectivity index (χ2v) is 30.7. The lowest BCUT2D eigenvalue weighted by Gasteiger charge is -2.17. The third-order valence-electron chi connectivity index (χ3n) is 16.1. The van der Waals surface area contributed by atoms with Crippen LogP contribution in [0.2, 0.25) is 0 Å². The monoisotopic (exact) mass is 1230 g/mol. The van der Waals surface area contributed by atoms with Gasteiger partial charge in [-0.25, -0.2) is 9.97 Å². The Morgan fingerprint density at radius 1 is 0.200 bits per heavy atom. The molecule has 0 aliphatic heterocycles. The zero-order valence-corrected chi connectivity index (χ0v) is 64.6. The summed E-state index contributed by atoms with van der Waals surface area (Å²) in [6, 6.07) is 11.3. The number of aromatic nitrogens is 9. The maximum absolute atomic E-state index is 4.79. The topological polar surface area (TPSA) is 116 Å². The van der Waals surface area contributed by atoms with Gasteiger partial charge in [0.2, 0.25) is 0 Å². The largest absolute Gasteiger partial charge is 0.261 e. The highest BCUT2D eigenvalue weighted by Gasteiger charge is 2.20. The van der Waals surface area contributed by atoms with Crippen molar-refractivity contribution in [2.45, 2.75) is 356 Å². The Morgan fingerprint density at radius 2 is 0.589 bits per heavy atom. The molecule has 0 unspecified atom stereocenters. The van der Waals surface area contributed by atoms with E-state index in [0.717, 1.165) is 34.3 Å². The van der Waals surface area contributed by atoms with E-state index in [9.17, 15) is 0 Å². The molecule has 0 N–H and O–H groups in total. The molecule has 0 atom stereocenters. The van der Waals surface area contributed by atoms with Crippen LogP contribution >= 0.6 is 0 Å². The minimum absolute atomic E-state index is 0.406. The van der Waals surface area contributed by atoms with Gasteiger partial charge in [0.15, 0.2) is 0 Å². The number of pyridine rings is 3. The van der Waals surface area contributed by atoms with E-state index >= 15 is 0 Å². The molecule has 0 bridgehead atoms. The van der Waals surface area contributed by atoms with Crippen LogP contribution in [0, 0.1) is 0 Å². The fourth-order valence-corrected chi connectivity index (χ4v) is 10.1. The first-order chi connectivity index (χ1) is 41.6. The molecule has 0 amide bonds. The molecule has 0 aliphatic carbocycles. The number of nitrogens with zero attached hydrogens (tertiary/aromatic N) is 9. The molecule has 0 fully saturated rings. The van der Waals surface area contributed by atoms with Gasteiger partial charge in [-0.2, -0.15) is 10.2 Å². The normalized spacial score (nSPS) is 11.8. The number of hydrogen-bond acceptors (Lipinski definition) is 9. The molecule has 6 aromatic rings. The Bertz CT molecular complexity index is 2480. The molecule has 90 heavy (non-hydrogen) atoms. The minimum Gasteiger partial charge on any atom is -0.261 e. The van der Waals surface area contributed by atoms with E-state index in [2.05, 4.69) is 321 Å². The Morgan fingerprint density at radius 3 is 0.989 bits per heavy atom. The first-order valence-electron chi connectivity index (χ1n) is 35.2. The number of hydrogen-bond donors (Lipinski definition) is 0. The third kappa shape index (κ3) is 26.4. The van der Waals surface area contributed by atoms with Crippen molar-refractivity contribution in [3.8, 4) is 0 Å². The molecule has 504 valence electrons. The molecule has 6 rings (SSSR count). The highest BCUT2D eigenvalue weighted by atomic mass is 15.1. The molecule has 0 saturated heterocycles. The second kappa shape index (κ2) is 39.3. The fourth-order valence-electron chi connectivity index (χ4n) is 10.1. The van der Waals surface area contributed by atoms with Crippen molar-refractivity contribution in [1.82, 2.24) is 45.1 Å².